The molecule has 1 N–H and O–H groups in total. The highest BCUT2D eigenvalue weighted by atomic mass is 79.9. The van der Waals surface area contributed by atoms with Crippen LogP contribution in [0.3, 0.4) is 0 Å². The Morgan fingerprint density at radius 3 is 3.00 bits per heavy atom. The third-order valence-electron chi connectivity index (χ3n) is 2.28. The molecule has 1 aliphatic rings. The van der Waals surface area contributed by atoms with Gasteiger partial charge < -0.3 is 5.32 Å². The summed E-state index contributed by atoms with van der Waals surface area (Å²) in [5.74, 6) is 0. The molecule has 15 heavy (non-hydrogen) atoms. The fourth-order valence-corrected chi connectivity index (χ4v) is 1.96. The summed E-state index contributed by atoms with van der Waals surface area (Å²) >= 11 is 3.42. The molecule has 0 fully saturated rings. The minimum absolute atomic E-state index is 0.599. The topological polar surface area (TPSA) is 29.1 Å². The van der Waals surface area contributed by atoms with E-state index in [9.17, 15) is 4.79 Å². The highest BCUT2D eigenvalue weighted by Gasteiger charge is 2.09. The van der Waals surface area contributed by atoms with E-state index in [1.165, 1.54) is 0 Å². The summed E-state index contributed by atoms with van der Waals surface area (Å²) < 4.78 is 1.02. The summed E-state index contributed by atoms with van der Waals surface area (Å²) in [6.07, 6.45) is 4.70. The van der Waals surface area contributed by atoms with Crippen molar-refractivity contribution in [3.8, 4) is 0 Å². The van der Waals surface area contributed by atoms with E-state index < -0.39 is 0 Å². The van der Waals surface area contributed by atoms with Gasteiger partial charge in [0.25, 0.3) is 0 Å². The molecule has 0 saturated carbocycles. The fourth-order valence-electron chi connectivity index (χ4n) is 1.56. The summed E-state index contributed by atoms with van der Waals surface area (Å²) in [4.78, 5) is 10.9. The molecule has 1 heterocycles. The van der Waals surface area contributed by atoms with Crippen molar-refractivity contribution in [1.29, 1.82) is 0 Å². The predicted molar refractivity (Wildman–Crippen MR) is 64.3 cm³/mol. The molecule has 2 rings (SSSR count). The molecule has 0 bridgehead atoms. The standard InChI is InChI=1S/C12H10BrNO/c13-11-3-1-2-9(6-11)12-4-5-14-7-10(12)8-15/h1-6,8,14H,7H2. The quantitative estimate of drug-likeness (QED) is 0.831. The zero-order chi connectivity index (χ0) is 10.7. The Bertz CT molecular complexity index is 449. The van der Waals surface area contributed by atoms with Crippen molar-refractivity contribution in [2.24, 2.45) is 0 Å². The number of carbonyl (C=O) groups excluding carboxylic acids is 1. The normalized spacial score (nSPS) is 15.0. The molecule has 1 aromatic rings. The van der Waals surface area contributed by atoms with Gasteiger partial charge in [-0.15, -0.1) is 0 Å². The lowest BCUT2D eigenvalue weighted by atomic mass is 9.99. The summed E-state index contributed by atoms with van der Waals surface area (Å²) in [6, 6.07) is 7.94. The van der Waals surface area contributed by atoms with E-state index in [2.05, 4.69) is 21.2 Å². The molecule has 0 saturated heterocycles. The molecule has 76 valence electrons. The maximum absolute atomic E-state index is 10.9. The molecule has 2 nitrogen and oxygen atoms in total. The van der Waals surface area contributed by atoms with Crippen molar-refractivity contribution in [1.82, 2.24) is 5.32 Å². The van der Waals surface area contributed by atoms with E-state index in [1.807, 2.05) is 36.5 Å². The third-order valence-corrected chi connectivity index (χ3v) is 2.78. The fraction of sp³-hybridized carbons (Fsp3) is 0.0833. The van der Waals surface area contributed by atoms with Crippen LogP contribution in [0.5, 0.6) is 0 Å². The Balaban J connectivity index is 2.49. The molecule has 1 aliphatic heterocycles. The molecule has 0 aliphatic carbocycles. The molecule has 0 radical (unpaired) electrons. The molecule has 3 heteroatoms. The summed E-state index contributed by atoms with van der Waals surface area (Å²) in [6.45, 7) is 0.599. The Hall–Kier alpha value is -1.35. The van der Waals surface area contributed by atoms with Gasteiger partial charge >= 0.3 is 0 Å². The van der Waals surface area contributed by atoms with Gasteiger partial charge in [-0.25, -0.2) is 0 Å². The van der Waals surface area contributed by atoms with Gasteiger partial charge in [0.2, 0.25) is 0 Å². The highest BCUT2D eigenvalue weighted by Crippen LogP contribution is 2.23. The Labute approximate surface area is 96.8 Å². The zero-order valence-corrected chi connectivity index (χ0v) is 9.62. The maximum Gasteiger partial charge on any atom is 0.148 e. The average molecular weight is 264 g/mol. The van der Waals surface area contributed by atoms with Crippen LogP contribution in [0.25, 0.3) is 5.57 Å². The van der Waals surface area contributed by atoms with Gasteiger partial charge in [0, 0.05) is 16.6 Å². The maximum atomic E-state index is 10.9. The summed E-state index contributed by atoms with van der Waals surface area (Å²) in [5, 5.41) is 3.02. The molecule has 1 aromatic carbocycles. The van der Waals surface area contributed by atoms with E-state index in [0.29, 0.717) is 6.54 Å². The van der Waals surface area contributed by atoms with Gasteiger partial charge in [-0.05, 0) is 35.5 Å². The lowest BCUT2D eigenvalue weighted by molar-refractivity contribution is -0.104. The van der Waals surface area contributed by atoms with E-state index in [4.69, 9.17) is 0 Å². The Kier molecular flexibility index (Phi) is 3.02. The lowest BCUT2D eigenvalue weighted by Crippen LogP contribution is -2.15. The zero-order valence-electron chi connectivity index (χ0n) is 8.03. The molecule has 0 aromatic heterocycles. The number of nitrogens with one attached hydrogen (secondary N) is 1. The molecular weight excluding hydrogens is 254 g/mol. The smallest absolute Gasteiger partial charge is 0.148 e. The van der Waals surface area contributed by atoms with Crippen molar-refractivity contribution < 1.29 is 4.79 Å². The van der Waals surface area contributed by atoms with Gasteiger partial charge in [-0.3, -0.25) is 4.79 Å². The van der Waals surface area contributed by atoms with Crippen LogP contribution in [0.15, 0.2) is 46.6 Å². The van der Waals surface area contributed by atoms with Gasteiger partial charge in [0.05, 0.1) is 0 Å². The monoisotopic (exact) mass is 263 g/mol. The number of dihydropyridines is 1. The minimum atomic E-state index is 0.599. The van der Waals surface area contributed by atoms with Crippen molar-refractivity contribution in [3.63, 3.8) is 0 Å². The molecule has 0 amide bonds. The molecule has 0 atom stereocenters. The van der Waals surface area contributed by atoms with Crippen molar-refractivity contribution in [2.75, 3.05) is 6.54 Å². The number of hydrogen-bond acceptors (Lipinski definition) is 2. The van der Waals surface area contributed by atoms with Crippen molar-refractivity contribution in [2.45, 2.75) is 0 Å². The summed E-state index contributed by atoms with van der Waals surface area (Å²) in [7, 11) is 0. The largest absolute Gasteiger partial charge is 0.387 e. The first-order chi connectivity index (χ1) is 7.31. The third kappa shape index (κ3) is 2.18. The van der Waals surface area contributed by atoms with E-state index >= 15 is 0 Å². The molecule has 0 unspecified atom stereocenters. The van der Waals surface area contributed by atoms with Gasteiger partial charge in [-0.1, -0.05) is 28.1 Å². The number of allylic oxidation sites excluding steroid dienone is 2. The highest BCUT2D eigenvalue weighted by molar-refractivity contribution is 9.10. The van der Waals surface area contributed by atoms with Crippen molar-refractivity contribution >= 4 is 27.8 Å². The Morgan fingerprint density at radius 1 is 1.40 bits per heavy atom. The SMILES string of the molecule is O=CC1=C(c2cccc(Br)c2)C=CNC1. The molecule has 0 spiro atoms. The lowest BCUT2D eigenvalue weighted by Gasteiger charge is -2.13. The average Bonchev–Trinajstić information content (AvgIpc) is 2.29. The van der Waals surface area contributed by atoms with Crippen LogP contribution in [0.4, 0.5) is 0 Å². The van der Waals surface area contributed by atoms with Gasteiger partial charge in [0.15, 0.2) is 0 Å². The van der Waals surface area contributed by atoms with Crippen LogP contribution >= 0.6 is 15.9 Å². The predicted octanol–water partition coefficient (Wildman–Crippen LogP) is 2.52. The van der Waals surface area contributed by atoms with Crippen LogP contribution in [0, 0.1) is 0 Å². The second-order valence-electron chi connectivity index (χ2n) is 3.28. The van der Waals surface area contributed by atoms with Crippen LogP contribution < -0.4 is 5.32 Å². The first-order valence-electron chi connectivity index (χ1n) is 4.65. The second kappa shape index (κ2) is 4.45. The number of aldehydes is 1. The first kappa shape index (κ1) is 10.2. The summed E-state index contributed by atoms with van der Waals surface area (Å²) in [5.41, 5.74) is 2.84. The minimum Gasteiger partial charge on any atom is -0.387 e. The van der Waals surface area contributed by atoms with Gasteiger partial charge in [0.1, 0.15) is 6.29 Å². The van der Waals surface area contributed by atoms with Crippen LogP contribution in [-0.2, 0) is 4.79 Å². The number of rotatable bonds is 2. The first-order valence-corrected chi connectivity index (χ1v) is 5.45. The molecular formula is C12H10BrNO. The van der Waals surface area contributed by atoms with Gasteiger partial charge in [-0.2, -0.15) is 0 Å². The number of hydrogen-bond donors (Lipinski definition) is 1. The van der Waals surface area contributed by atoms with E-state index in [0.717, 1.165) is 27.5 Å². The van der Waals surface area contributed by atoms with Crippen LogP contribution in [0.2, 0.25) is 0 Å². The number of benzene rings is 1. The van der Waals surface area contributed by atoms with Crippen LogP contribution in [0.1, 0.15) is 5.56 Å². The number of halogens is 1. The van der Waals surface area contributed by atoms with Crippen molar-refractivity contribution in [3.05, 3.63) is 52.2 Å². The van der Waals surface area contributed by atoms with E-state index in [-0.39, 0.29) is 0 Å². The second-order valence-corrected chi connectivity index (χ2v) is 4.20. The number of carbonyl (C=O) groups is 1. The van der Waals surface area contributed by atoms with Crippen LogP contribution in [-0.4, -0.2) is 12.8 Å². The van der Waals surface area contributed by atoms with E-state index in [1.54, 1.807) is 0 Å². The Morgan fingerprint density at radius 2 is 2.27 bits per heavy atom.